The summed E-state index contributed by atoms with van der Waals surface area (Å²) < 4.78 is 0. The zero-order chi connectivity index (χ0) is 19.0. The summed E-state index contributed by atoms with van der Waals surface area (Å²) in [7, 11) is 3.40. The molecule has 3 aliphatic heterocycles. The molecule has 7 nitrogen and oxygen atoms in total. The second-order valence-electron chi connectivity index (χ2n) is 7.48. The number of hydrogen-bond donors (Lipinski definition) is 0. The topological polar surface area (TPSA) is 80.5 Å². The molecule has 0 spiro atoms. The SMILES string of the molecule is Cc1cc(C)c(C#N)c(N2C[C@@H]3CC[C@H](C2)N(CC(=O)N(C)C)C3=O)n1. The molecular formula is C19H25N5O2. The van der Waals surface area contributed by atoms with E-state index in [4.69, 9.17) is 0 Å². The smallest absolute Gasteiger partial charge is 0.241 e. The number of fused-ring (bicyclic) bond motifs is 4. The Kier molecular flexibility index (Phi) is 4.86. The lowest BCUT2D eigenvalue weighted by molar-refractivity contribution is -0.145. The third-order valence-electron chi connectivity index (χ3n) is 5.33. The van der Waals surface area contributed by atoms with Gasteiger partial charge in [0.25, 0.3) is 0 Å². The van der Waals surface area contributed by atoms with Crippen molar-refractivity contribution in [1.82, 2.24) is 14.8 Å². The Morgan fingerprint density at radius 1 is 1.35 bits per heavy atom. The summed E-state index contributed by atoms with van der Waals surface area (Å²) in [5.74, 6) is 0.481. The molecule has 7 heteroatoms. The fourth-order valence-corrected chi connectivity index (χ4v) is 3.89. The molecule has 3 fully saturated rings. The number of aryl methyl sites for hydroxylation is 2. The number of aromatic nitrogens is 1. The Balaban J connectivity index is 1.92. The fraction of sp³-hybridized carbons (Fsp3) is 0.579. The highest BCUT2D eigenvalue weighted by Gasteiger charge is 2.42. The Labute approximate surface area is 154 Å². The number of amides is 2. The molecule has 0 aliphatic carbocycles. The molecule has 2 amide bonds. The predicted molar refractivity (Wildman–Crippen MR) is 97.6 cm³/mol. The van der Waals surface area contributed by atoms with Crippen LogP contribution in [0.2, 0.25) is 0 Å². The van der Waals surface area contributed by atoms with E-state index in [0.717, 1.165) is 24.1 Å². The van der Waals surface area contributed by atoms with Crippen molar-refractivity contribution in [3.8, 4) is 6.07 Å². The number of carbonyl (C=O) groups is 2. The first-order valence-corrected chi connectivity index (χ1v) is 8.95. The van der Waals surface area contributed by atoms with Gasteiger partial charge < -0.3 is 14.7 Å². The number of nitriles is 1. The van der Waals surface area contributed by atoms with Crippen LogP contribution in [0.25, 0.3) is 0 Å². The van der Waals surface area contributed by atoms with Crippen LogP contribution in [0.3, 0.4) is 0 Å². The summed E-state index contributed by atoms with van der Waals surface area (Å²) in [6.07, 6.45) is 1.69. The lowest BCUT2D eigenvalue weighted by Crippen LogP contribution is -2.51. The average molecular weight is 355 g/mol. The monoisotopic (exact) mass is 355 g/mol. The zero-order valence-electron chi connectivity index (χ0n) is 15.8. The van der Waals surface area contributed by atoms with Gasteiger partial charge in [-0.15, -0.1) is 0 Å². The van der Waals surface area contributed by atoms with Gasteiger partial charge in [0.1, 0.15) is 18.4 Å². The van der Waals surface area contributed by atoms with Crippen LogP contribution >= 0.6 is 0 Å². The van der Waals surface area contributed by atoms with Crippen molar-refractivity contribution in [1.29, 1.82) is 5.26 Å². The molecule has 0 saturated carbocycles. The minimum absolute atomic E-state index is 0.0284. The highest BCUT2D eigenvalue weighted by atomic mass is 16.2. The van der Waals surface area contributed by atoms with E-state index in [9.17, 15) is 14.9 Å². The number of likely N-dealkylation sites (N-methyl/N-ethyl adjacent to an activating group) is 1. The first-order valence-electron chi connectivity index (χ1n) is 8.95. The van der Waals surface area contributed by atoms with Crippen molar-refractivity contribution < 1.29 is 9.59 Å². The summed E-state index contributed by atoms with van der Waals surface area (Å²) in [4.78, 5) is 34.9. The van der Waals surface area contributed by atoms with Crippen LogP contribution in [-0.2, 0) is 9.59 Å². The molecule has 0 unspecified atom stereocenters. The molecule has 26 heavy (non-hydrogen) atoms. The van der Waals surface area contributed by atoms with Gasteiger partial charge in [0.05, 0.1) is 11.5 Å². The van der Waals surface area contributed by atoms with Gasteiger partial charge in [0.2, 0.25) is 11.8 Å². The maximum absolute atomic E-state index is 12.9. The highest BCUT2D eigenvalue weighted by Crippen LogP contribution is 2.33. The molecule has 138 valence electrons. The second kappa shape index (κ2) is 6.94. The summed E-state index contributed by atoms with van der Waals surface area (Å²) in [5, 5.41) is 9.58. The number of carbonyl (C=O) groups excluding carboxylic acids is 2. The standard InChI is InChI=1S/C19H25N5O2/c1-12-7-13(2)21-18(16(12)8-20)23-9-14-5-6-15(10-23)24(19(14)26)11-17(25)22(3)4/h7,14-15H,5-6,9-11H2,1-4H3/t14-,15+/m0/s1. The van der Waals surface area contributed by atoms with E-state index in [1.807, 2.05) is 19.9 Å². The van der Waals surface area contributed by atoms with Gasteiger partial charge in [0.15, 0.2) is 0 Å². The van der Waals surface area contributed by atoms with Crippen LogP contribution in [0.4, 0.5) is 5.82 Å². The van der Waals surface area contributed by atoms with E-state index in [1.54, 1.807) is 19.0 Å². The third kappa shape index (κ3) is 3.24. The first-order chi connectivity index (χ1) is 12.3. The van der Waals surface area contributed by atoms with Crippen molar-refractivity contribution in [2.24, 2.45) is 5.92 Å². The van der Waals surface area contributed by atoms with Crippen molar-refractivity contribution in [2.45, 2.75) is 32.7 Å². The van der Waals surface area contributed by atoms with Gasteiger partial charge in [-0.25, -0.2) is 4.98 Å². The number of piperidine rings is 1. The maximum atomic E-state index is 12.9. The molecule has 1 aromatic rings. The van der Waals surface area contributed by atoms with Crippen LogP contribution in [0.15, 0.2) is 6.07 Å². The van der Waals surface area contributed by atoms with Crippen molar-refractivity contribution in [3.63, 3.8) is 0 Å². The molecule has 1 aromatic heterocycles. The first kappa shape index (κ1) is 18.2. The number of anilines is 1. The second-order valence-corrected chi connectivity index (χ2v) is 7.48. The van der Waals surface area contributed by atoms with Crippen LogP contribution in [0, 0.1) is 31.1 Å². The fourth-order valence-electron chi connectivity index (χ4n) is 3.89. The third-order valence-corrected chi connectivity index (χ3v) is 5.33. The Morgan fingerprint density at radius 3 is 2.73 bits per heavy atom. The normalized spacial score (nSPS) is 22.2. The molecule has 2 bridgehead atoms. The molecule has 3 aliphatic rings. The van der Waals surface area contributed by atoms with E-state index in [1.165, 1.54) is 4.90 Å². The molecule has 0 N–H and O–H groups in total. The molecular weight excluding hydrogens is 330 g/mol. The number of nitrogens with zero attached hydrogens (tertiary/aromatic N) is 5. The van der Waals surface area contributed by atoms with Gasteiger partial charge >= 0.3 is 0 Å². The minimum Gasteiger partial charge on any atom is -0.353 e. The van der Waals surface area contributed by atoms with Crippen LogP contribution in [-0.4, -0.2) is 66.4 Å². The maximum Gasteiger partial charge on any atom is 0.241 e. The highest BCUT2D eigenvalue weighted by molar-refractivity contribution is 5.87. The van der Waals surface area contributed by atoms with Crippen LogP contribution < -0.4 is 4.90 Å². The van der Waals surface area contributed by atoms with E-state index in [2.05, 4.69) is 16.0 Å². The van der Waals surface area contributed by atoms with Gasteiger partial charge in [-0.1, -0.05) is 0 Å². The largest absolute Gasteiger partial charge is 0.353 e. The van der Waals surface area contributed by atoms with E-state index >= 15 is 0 Å². The summed E-state index contributed by atoms with van der Waals surface area (Å²) in [6, 6.07) is 4.14. The summed E-state index contributed by atoms with van der Waals surface area (Å²) in [6.45, 7) is 5.10. The van der Waals surface area contributed by atoms with Crippen LogP contribution in [0.5, 0.6) is 0 Å². The number of pyridine rings is 1. The van der Waals surface area contributed by atoms with Crippen LogP contribution in [0.1, 0.15) is 29.7 Å². The Hall–Kier alpha value is -2.62. The van der Waals surface area contributed by atoms with E-state index in [-0.39, 0.29) is 30.3 Å². The van der Waals surface area contributed by atoms with Crippen molar-refractivity contribution in [2.75, 3.05) is 38.6 Å². The summed E-state index contributed by atoms with van der Waals surface area (Å²) in [5.41, 5.74) is 2.33. The zero-order valence-corrected chi connectivity index (χ0v) is 15.8. The Bertz CT molecular complexity index is 783. The van der Waals surface area contributed by atoms with Gasteiger partial charge in [-0.2, -0.15) is 5.26 Å². The van der Waals surface area contributed by atoms with Gasteiger partial charge in [0, 0.05) is 38.9 Å². The number of rotatable bonds is 3. The molecule has 4 rings (SSSR count). The van der Waals surface area contributed by atoms with Gasteiger partial charge in [-0.05, 0) is 38.3 Å². The molecule has 0 radical (unpaired) electrons. The lowest BCUT2D eigenvalue weighted by Gasteiger charge is -2.36. The quantitative estimate of drug-likeness (QED) is 0.811. The minimum atomic E-state index is -0.155. The summed E-state index contributed by atoms with van der Waals surface area (Å²) >= 11 is 0. The van der Waals surface area contributed by atoms with Crippen molar-refractivity contribution >= 4 is 17.6 Å². The Morgan fingerprint density at radius 2 is 2.08 bits per heavy atom. The van der Waals surface area contributed by atoms with E-state index in [0.29, 0.717) is 24.5 Å². The van der Waals surface area contributed by atoms with Crippen molar-refractivity contribution in [3.05, 3.63) is 22.9 Å². The number of hydrogen-bond acceptors (Lipinski definition) is 5. The molecule has 0 aromatic carbocycles. The lowest BCUT2D eigenvalue weighted by atomic mass is 9.94. The average Bonchev–Trinajstić information content (AvgIpc) is 2.86. The molecule has 3 saturated heterocycles. The van der Waals surface area contributed by atoms with Gasteiger partial charge in [-0.3, -0.25) is 9.59 Å². The van der Waals surface area contributed by atoms with E-state index < -0.39 is 0 Å². The molecule has 2 atom stereocenters. The predicted octanol–water partition coefficient (Wildman–Crippen LogP) is 1.09. The molecule has 4 heterocycles.